The number of hydrogen-bond acceptors (Lipinski definition) is 2. The fraction of sp³-hybridized carbons (Fsp3) is 0.300. The van der Waals surface area contributed by atoms with Gasteiger partial charge < -0.3 is 5.32 Å². The minimum Gasteiger partial charge on any atom is -0.382 e. The molecule has 0 aliphatic heterocycles. The lowest BCUT2D eigenvalue weighted by Gasteiger charge is -2.11. The summed E-state index contributed by atoms with van der Waals surface area (Å²) in [5.41, 5.74) is 0.954. The summed E-state index contributed by atoms with van der Waals surface area (Å²) >= 11 is 5.80. The molecule has 1 atom stereocenters. The average molecular weight is 195 g/mol. The third-order valence-electron chi connectivity index (χ3n) is 1.64. The predicted octanol–water partition coefficient (Wildman–Crippen LogP) is 3.05. The summed E-state index contributed by atoms with van der Waals surface area (Å²) in [7, 11) is 0. The third kappa shape index (κ3) is 3.35. The van der Waals surface area contributed by atoms with Gasteiger partial charge in [-0.2, -0.15) is 5.26 Å². The molecule has 0 spiro atoms. The first-order valence-corrected chi connectivity index (χ1v) is 4.49. The van der Waals surface area contributed by atoms with Crippen molar-refractivity contribution in [3.05, 3.63) is 29.3 Å². The molecule has 0 heterocycles. The van der Waals surface area contributed by atoms with Crippen LogP contribution in [0.2, 0.25) is 5.02 Å². The van der Waals surface area contributed by atoms with Crippen molar-refractivity contribution in [3.63, 3.8) is 0 Å². The first kappa shape index (κ1) is 9.88. The smallest absolute Gasteiger partial charge is 0.0643 e. The number of anilines is 1. The van der Waals surface area contributed by atoms with Gasteiger partial charge >= 0.3 is 0 Å². The van der Waals surface area contributed by atoms with E-state index >= 15 is 0 Å². The number of nitrogens with one attached hydrogen (secondary N) is 1. The van der Waals surface area contributed by atoms with Gasteiger partial charge in [0.25, 0.3) is 0 Å². The molecule has 1 rings (SSSR count). The van der Waals surface area contributed by atoms with E-state index in [4.69, 9.17) is 16.9 Å². The highest BCUT2D eigenvalue weighted by Gasteiger charge is 2.00. The Morgan fingerprint density at radius 1 is 1.62 bits per heavy atom. The van der Waals surface area contributed by atoms with Crippen molar-refractivity contribution in [1.82, 2.24) is 0 Å². The van der Waals surface area contributed by atoms with Crippen molar-refractivity contribution in [2.24, 2.45) is 0 Å². The summed E-state index contributed by atoms with van der Waals surface area (Å²) in [5, 5.41) is 12.3. The van der Waals surface area contributed by atoms with E-state index in [1.165, 1.54) is 0 Å². The quantitative estimate of drug-likeness (QED) is 0.803. The topological polar surface area (TPSA) is 35.8 Å². The van der Waals surface area contributed by atoms with E-state index in [-0.39, 0.29) is 6.04 Å². The van der Waals surface area contributed by atoms with Crippen LogP contribution in [-0.4, -0.2) is 6.04 Å². The van der Waals surface area contributed by atoms with Crippen molar-refractivity contribution < 1.29 is 0 Å². The first-order chi connectivity index (χ1) is 6.22. The van der Waals surface area contributed by atoms with Crippen molar-refractivity contribution in [1.29, 1.82) is 5.26 Å². The molecule has 68 valence electrons. The Labute approximate surface area is 83.1 Å². The number of benzene rings is 1. The fourth-order valence-corrected chi connectivity index (χ4v) is 1.24. The lowest BCUT2D eigenvalue weighted by molar-refractivity contribution is 0.821. The largest absolute Gasteiger partial charge is 0.382 e. The van der Waals surface area contributed by atoms with Crippen LogP contribution < -0.4 is 5.32 Å². The molecular formula is C10H11ClN2. The van der Waals surface area contributed by atoms with E-state index in [1.807, 2.05) is 31.2 Å². The molecule has 0 fully saturated rings. The zero-order chi connectivity index (χ0) is 9.68. The molecule has 13 heavy (non-hydrogen) atoms. The lowest BCUT2D eigenvalue weighted by atomic mass is 10.2. The van der Waals surface area contributed by atoms with Gasteiger partial charge in [0.05, 0.1) is 12.5 Å². The Hall–Kier alpha value is -1.20. The lowest BCUT2D eigenvalue weighted by Crippen LogP contribution is -2.13. The second-order valence-corrected chi connectivity index (χ2v) is 3.35. The monoisotopic (exact) mass is 194 g/mol. The minimum absolute atomic E-state index is 0.156. The van der Waals surface area contributed by atoms with Gasteiger partial charge in [0.15, 0.2) is 0 Å². The van der Waals surface area contributed by atoms with Crippen molar-refractivity contribution in [2.75, 3.05) is 5.32 Å². The Bertz CT molecular complexity index is 317. The molecule has 1 aromatic carbocycles. The summed E-state index contributed by atoms with van der Waals surface area (Å²) in [6.45, 7) is 1.96. The number of nitriles is 1. The number of rotatable bonds is 3. The van der Waals surface area contributed by atoms with Gasteiger partial charge in [-0.1, -0.05) is 17.7 Å². The predicted molar refractivity (Wildman–Crippen MR) is 54.8 cm³/mol. The Morgan fingerprint density at radius 2 is 2.38 bits per heavy atom. The molecule has 0 amide bonds. The van der Waals surface area contributed by atoms with Crippen LogP contribution >= 0.6 is 11.6 Å². The SMILES string of the molecule is CC(CC#N)Nc1cccc(Cl)c1. The molecule has 0 aliphatic rings. The summed E-state index contributed by atoms with van der Waals surface area (Å²) in [5.74, 6) is 0. The average Bonchev–Trinajstić information content (AvgIpc) is 2.04. The molecular weight excluding hydrogens is 184 g/mol. The van der Waals surface area contributed by atoms with Gasteiger partial charge in [-0.25, -0.2) is 0 Å². The van der Waals surface area contributed by atoms with E-state index < -0.39 is 0 Å². The maximum Gasteiger partial charge on any atom is 0.0643 e. The van der Waals surface area contributed by atoms with Crippen LogP contribution in [0.25, 0.3) is 0 Å². The normalized spacial score (nSPS) is 11.8. The highest BCUT2D eigenvalue weighted by Crippen LogP contribution is 2.15. The summed E-state index contributed by atoms with van der Waals surface area (Å²) in [6, 6.07) is 9.74. The zero-order valence-electron chi connectivity index (χ0n) is 7.42. The second-order valence-electron chi connectivity index (χ2n) is 2.92. The number of halogens is 1. The van der Waals surface area contributed by atoms with E-state index in [0.717, 1.165) is 5.69 Å². The van der Waals surface area contributed by atoms with Crippen LogP contribution in [0, 0.1) is 11.3 Å². The Balaban J connectivity index is 2.59. The van der Waals surface area contributed by atoms with E-state index in [2.05, 4.69) is 11.4 Å². The standard InChI is InChI=1S/C10H11ClN2/c1-8(5-6-12)13-10-4-2-3-9(11)7-10/h2-4,7-8,13H,5H2,1H3. The van der Waals surface area contributed by atoms with Crippen LogP contribution in [0.5, 0.6) is 0 Å². The molecule has 0 saturated carbocycles. The molecule has 1 unspecified atom stereocenters. The maximum atomic E-state index is 8.45. The molecule has 0 aliphatic carbocycles. The van der Waals surface area contributed by atoms with Gasteiger partial charge in [-0.3, -0.25) is 0 Å². The fourth-order valence-electron chi connectivity index (χ4n) is 1.05. The third-order valence-corrected chi connectivity index (χ3v) is 1.87. The van der Waals surface area contributed by atoms with Crippen molar-refractivity contribution in [2.45, 2.75) is 19.4 Å². The van der Waals surface area contributed by atoms with Crippen LogP contribution in [0.15, 0.2) is 24.3 Å². The van der Waals surface area contributed by atoms with E-state index in [1.54, 1.807) is 0 Å². The highest BCUT2D eigenvalue weighted by molar-refractivity contribution is 6.30. The Morgan fingerprint density at radius 3 is 3.00 bits per heavy atom. The molecule has 0 aromatic heterocycles. The highest BCUT2D eigenvalue weighted by atomic mass is 35.5. The van der Waals surface area contributed by atoms with Gasteiger partial charge in [0, 0.05) is 16.8 Å². The van der Waals surface area contributed by atoms with Crippen LogP contribution in [0.1, 0.15) is 13.3 Å². The van der Waals surface area contributed by atoms with Crippen LogP contribution in [-0.2, 0) is 0 Å². The molecule has 3 heteroatoms. The molecule has 1 aromatic rings. The minimum atomic E-state index is 0.156. The number of nitrogens with zero attached hydrogens (tertiary/aromatic N) is 1. The second kappa shape index (κ2) is 4.74. The van der Waals surface area contributed by atoms with Crippen LogP contribution in [0.3, 0.4) is 0 Å². The number of hydrogen-bond donors (Lipinski definition) is 1. The van der Waals surface area contributed by atoms with E-state index in [9.17, 15) is 0 Å². The van der Waals surface area contributed by atoms with Gasteiger partial charge in [0.1, 0.15) is 0 Å². The summed E-state index contributed by atoms with van der Waals surface area (Å²) in [6.07, 6.45) is 0.493. The zero-order valence-corrected chi connectivity index (χ0v) is 8.17. The van der Waals surface area contributed by atoms with Gasteiger partial charge in [-0.05, 0) is 25.1 Å². The summed E-state index contributed by atoms with van der Waals surface area (Å²) < 4.78 is 0. The van der Waals surface area contributed by atoms with Crippen molar-refractivity contribution >= 4 is 17.3 Å². The van der Waals surface area contributed by atoms with Gasteiger partial charge in [0.2, 0.25) is 0 Å². The Kier molecular flexibility index (Phi) is 3.60. The maximum absolute atomic E-state index is 8.45. The van der Waals surface area contributed by atoms with Crippen LogP contribution in [0.4, 0.5) is 5.69 Å². The molecule has 0 saturated heterocycles. The molecule has 0 bridgehead atoms. The summed E-state index contributed by atoms with van der Waals surface area (Å²) in [4.78, 5) is 0. The molecule has 0 radical (unpaired) electrons. The molecule has 2 nitrogen and oxygen atoms in total. The van der Waals surface area contributed by atoms with E-state index in [0.29, 0.717) is 11.4 Å². The van der Waals surface area contributed by atoms with Gasteiger partial charge in [-0.15, -0.1) is 0 Å². The first-order valence-electron chi connectivity index (χ1n) is 4.11. The van der Waals surface area contributed by atoms with Crippen molar-refractivity contribution in [3.8, 4) is 6.07 Å². The molecule has 1 N–H and O–H groups in total.